The second kappa shape index (κ2) is 6.50. The maximum absolute atomic E-state index is 12.3. The van der Waals surface area contributed by atoms with Gasteiger partial charge in [-0.1, -0.05) is 12.5 Å². The molecule has 1 aliphatic heterocycles. The molecule has 1 unspecified atom stereocenters. The molecule has 5 nitrogen and oxygen atoms in total. The SMILES string of the molecule is C=CCCCC(C)NC(=O)N1C[C@@H]2CCC[C@@]2(C(=O)O)C1. The summed E-state index contributed by atoms with van der Waals surface area (Å²) in [6, 6.07) is -0.00482. The summed E-state index contributed by atoms with van der Waals surface area (Å²) in [7, 11) is 0. The van der Waals surface area contributed by atoms with E-state index in [2.05, 4.69) is 11.9 Å². The molecule has 2 aliphatic rings. The first kappa shape index (κ1) is 15.9. The van der Waals surface area contributed by atoms with Gasteiger partial charge in [-0.25, -0.2) is 4.79 Å². The fourth-order valence-electron chi connectivity index (χ4n) is 3.74. The molecule has 0 aromatic rings. The summed E-state index contributed by atoms with van der Waals surface area (Å²) in [5.41, 5.74) is -0.691. The lowest BCUT2D eigenvalue weighted by Gasteiger charge is -2.24. The minimum atomic E-state index is -0.737. The highest BCUT2D eigenvalue weighted by atomic mass is 16.4. The van der Waals surface area contributed by atoms with Gasteiger partial charge in [0.25, 0.3) is 0 Å². The number of hydrogen-bond acceptors (Lipinski definition) is 2. The number of carboxylic acid groups (broad SMARTS) is 1. The molecule has 1 heterocycles. The Bertz CT molecular complexity index is 424. The van der Waals surface area contributed by atoms with Gasteiger partial charge in [0.15, 0.2) is 0 Å². The third kappa shape index (κ3) is 3.22. The van der Waals surface area contributed by atoms with Crippen molar-refractivity contribution in [2.24, 2.45) is 11.3 Å². The summed E-state index contributed by atoms with van der Waals surface area (Å²) in [6.07, 6.45) is 7.34. The Morgan fingerprint density at radius 2 is 2.33 bits per heavy atom. The van der Waals surface area contributed by atoms with E-state index in [-0.39, 0.29) is 18.0 Å². The van der Waals surface area contributed by atoms with Gasteiger partial charge in [0.05, 0.1) is 5.41 Å². The van der Waals surface area contributed by atoms with Gasteiger partial charge in [-0.2, -0.15) is 0 Å². The van der Waals surface area contributed by atoms with E-state index < -0.39 is 11.4 Å². The lowest BCUT2D eigenvalue weighted by molar-refractivity contribution is -0.149. The molecule has 118 valence electrons. The lowest BCUT2D eigenvalue weighted by atomic mass is 9.81. The molecule has 0 aromatic heterocycles. The molecule has 0 spiro atoms. The number of carboxylic acids is 1. The van der Waals surface area contributed by atoms with E-state index in [1.54, 1.807) is 4.90 Å². The summed E-state index contributed by atoms with van der Waals surface area (Å²) >= 11 is 0. The highest BCUT2D eigenvalue weighted by Gasteiger charge is 2.55. The number of nitrogens with zero attached hydrogens (tertiary/aromatic N) is 1. The number of rotatable bonds is 6. The van der Waals surface area contributed by atoms with E-state index in [0.717, 1.165) is 32.1 Å². The van der Waals surface area contributed by atoms with E-state index in [1.165, 1.54) is 0 Å². The van der Waals surface area contributed by atoms with Crippen LogP contribution in [0.2, 0.25) is 0 Å². The summed E-state index contributed by atoms with van der Waals surface area (Å²) < 4.78 is 0. The quantitative estimate of drug-likeness (QED) is 0.584. The fraction of sp³-hybridized carbons (Fsp3) is 0.750. The highest BCUT2D eigenvalue weighted by Crippen LogP contribution is 2.48. The first-order chi connectivity index (χ1) is 9.99. The molecule has 1 aliphatic carbocycles. The molecule has 21 heavy (non-hydrogen) atoms. The van der Waals surface area contributed by atoms with Crippen LogP contribution in [0.3, 0.4) is 0 Å². The van der Waals surface area contributed by atoms with Crippen LogP contribution in [0.5, 0.6) is 0 Å². The van der Waals surface area contributed by atoms with Gasteiger partial charge in [-0.15, -0.1) is 6.58 Å². The van der Waals surface area contributed by atoms with Crippen LogP contribution >= 0.6 is 0 Å². The number of amides is 2. The monoisotopic (exact) mass is 294 g/mol. The third-order valence-electron chi connectivity index (χ3n) is 5.00. The van der Waals surface area contributed by atoms with Crippen molar-refractivity contribution in [2.45, 2.75) is 51.5 Å². The van der Waals surface area contributed by atoms with Crippen LogP contribution in [0.4, 0.5) is 4.79 Å². The molecule has 2 fully saturated rings. The largest absolute Gasteiger partial charge is 0.481 e. The molecule has 0 aromatic carbocycles. The standard InChI is InChI=1S/C16H26N2O3/c1-3-4-5-7-12(2)17-15(21)18-10-13-8-6-9-16(13,11-18)14(19)20/h3,12-13H,1,4-11H2,2H3,(H,17,21)(H,19,20)/t12?,13-,16+/m0/s1. The maximum Gasteiger partial charge on any atom is 0.317 e. The summed E-state index contributed by atoms with van der Waals surface area (Å²) in [5, 5.41) is 12.5. The summed E-state index contributed by atoms with van der Waals surface area (Å²) in [6.45, 7) is 6.62. The van der Waals surface area contributed by atoms with Crippen LogP contribution in [-0.2, 0) is 4.79 Å². The molecule has 0 radical (unpaired) electrons. The van der Waals surface area contributed by atoms with Crippen molar-refractivity contribution in [2.75, 3.05) is 13.1 Å². The zero-order chi connectivity index (χ0) is 15.5. The van der Waals surface area contributed by atoms with E-state index in [1.807, 2.05) is 13.0 Å². The number of unbranched alkanes of at least 4 members (excludes halogenated alkanes) is 1. The molecular formula is C16H26N2O3. The Hall–Kier alpha value is -1.52. The predicted octanol–water partition coefficient (Wildman–Crippen LogP) is 2.63. The summed E-state index contributed by atoms with van der Waals surface area (Å²) in [4.78, 5) is 25.6. The average Bonchev–Trinajstić information content (AvgIpc) is 2.96. The van der Waals surface area contributed by atoms with Gasteiger partial charge in [0.2, 0.25) is 0 Å². The van der Waals surface area contributed by atoms with Crippen LogP contribution in [0.1, 0.15) is 45.4 Å². The van der Waals surface area contributed by atoms with Gasteiger partial charge >= 0.3 is 12.0 Å². The Labute approximate surface area is 126 Å². The molecule has 1 saturated heterocycles. The van der Waals surface area contributed by atoms with Crippen LogP contribution in [0, 0.1) is 11.3 Å². The summed E-state index contributed by atoms with van der Waals surface area (Å²) in [5.74, 6) is -0.615. The average molecular weight is 294 g/mol. The van der Waals surface area contributed by atoms with E-state index in [4.69, 9.17) is 0 Å². The first-order valence-electron chi connectivity index (χ1n) is 7.89. The molecular weight excluding hydrogens is 268 g/mol. The molecule has 5 heteroatoms. The van der Waals surface area contributed by atoms with Crippen LogP contribution < -0.4 is 5.32 Å². The van der Waals surface area contributed by atoms with Gasteiger partial charge in [0, 0.05) is 19.1 Å². The predicted molar refractivity (Wildman–Crippen MR) is 81.0 cm³/mol. The zero-order valence-electron chi connectivity index (χ0n) is 12.8. The number of fused-ring (bicyclic) bond motifs is 1. The molecule has 3 atom stereocenters. The first-order valence-corrected chi connectivity index (χ1v) is 7.89. The maximum atomic E-state index is 12.3. The fourth-order valence-corrected chi connectivity index (χ4v) is 3.74. The van der Waals surface area contributed by atoms with Gasteiger partial charge in [-0.05, 0) is 44.9 Å². The highest BCUT2D eigenvalue weighted by molar-refractivity contribution is 5.80. The van der Waals surface area contributed by atoms with Gasteiger partial charge < -0.3 is 15.3 Å². The Morgan fingerprint density at radius 1 is 1.57 bits per heavy atom. The topological polar surface area (TPSA) is 69.6 Å². The van der Waals surface area contributed by atoms with Crippen molar-refractivity contribution in [3.05, 3.63) is 12.7 Å². The van der Waals surface area contributed by atoms with E-state index in [9.17, 15) is 14.7 Å². The third-order valence-corrected chi connectivity index (χ3v) is 5.00. The van der Waals surface area contributed by atoms with Crippen molar-refractivity contribution in [3.8, 4) is 0 Å². The number of carbonyl (C=O) groups excluding carboxylic acids is 1. The van der Waals surface area contributed by atoms with Crippen molar-refractivity contribution < 1.29 is 14.7 Å². The number of allylic oxidation sites excluding steroid dienone is 1. The van der Waals surface area contributed by atoms with Crippen molar-refractivity contribution in [3.63, 3.8) is 0 Å². The van der Waals surface area contributed by atoms with Crippen LogP contribution in [0.25, 0.3) is 0 Å². The Morgan fingerprint density at radius 3 is 2.95 bits per heavy atom. The minimum Gasteiger partial charge on any atom is -0.481 e. The molecule has 2 N–H and O–H groups in total. The zero-order valence-corrected chi connectivity index (χ0v) is 12.8. The second-order valence-corrected chi connectivity index (χ2v) is 6.50. The van der Waals surface area contributed by atoms with Crippen LogP contribution in [-0.4, -0.2) is 41.1 Å². The van der Waals surface area contributed by atoms with E-state index >= 15 is 0 Å². The van der Waals surface area contributed by atoms with Crippen molar-refractivity contribution in [1.82, 2.24) is 10.2 Å². The normalized spacial score (nSPS) is 29.0. The minimum absolute atomic E-state index is 0.110. The van der Waals surface area contributed by atoms with Crippen LogP contribution in [0.15, 0.2) is 12.7 Å². The molecule has 0 bridgehead atoms. The molecule has 2 rings (SSSR count). The lowest BCUT2D eigenvalue weighted by Crippen LogP contribution is -2.44. The number of carbonyl (C=O) groups is 2. The van der Waals surface area contributed by atoms with Crippen molar-refractivity contribution >= 4 is 12.0 Å². The number of nitrogens with one attached hydrogen (secondary N) is 1. The van der Waals surface area contributed by atoms with Crippen molar-refractivity contribution in [1.29, 1.82) is 0 Å². The Balaban J connectivity index is 1.87. The second-order valence-electron chi connectivity index (χ2n) is 6.50. The molecule has 1 saturated carbocycles. The molecule has 2 amide bonds. The number of likely N-dealkylation sites (tertiary alicyclic amines) is 1. The Kier molecular flexibility index (Phi) is 4.91. The smallest absolute Gasteiger partial charge is 0.317 e. The number of aliphatic carboxylic acids is 1. The number of urea groups is 1. The van der Waals surface area contributed by atoms with Gasteiger partial charge in [0.1, 0.15) is 0 Å². The van der Waals surface area contributed by atoms with E-state index in [0.29, 0.717) is 19.5 Å². The number of hydrogen-bond donors (Lipinski definition) is 2. The van der Waals surface area contributed by atoms with Gasteiger partial charge in [-0.3, -0.25) is 4.79 Å².